The molecule has 1 saturated carbocycles. The summed E-state index contributed by atoms with van der Waals surface area (Å²) in [5, 5.41) is 10.6. The summed E-state index contributed by atoms with van der Waals surface area (Å²) in [5.74, 6) is -0.513. The largest absolute Gasteiger partial charge is 0.507 e. The molecule has 1 aromatic carbocycles. The van der Waals surface area contributed by atoms with Gasteiger partial charge in [-0.1, -0.05) is 11.6 Å². The van der Waals surface area contributed by atoms with Crippen LogP contribution in [0.4, 0.5) is 0 Å². The van der Waals surface area contributed by atoms with Crippen molar-refractivity contribution in [1.29, 1.82) is 0 Å². The lowest BCUT2D eigenvalue weighted by Gasteiger charge is -2.15. The van der Waals surface area contributed by atoms with Crippen LogP contribution < -0.4 is 4.74 Å². The average Bonchev–Trinajstić information content (AvgIpc) is 3.23. The third-order valence-electron chi connectivity index (χ3n) is 4.99. The molecule has 2 aliphatic rings. The van der Waals surface area contributed by atoms with Gasteiger partial charge in [-0.2, -0.15) is 0 Å². The first-order valence-corrected chi connectivity index (χ1v) is 8.46. The third-order valence-corrected chi connectivity index (χ3v) is 5.17. The SMILES string of the molecule is COc1c(C)c2c(c(O)c1C/C=C1\CCC(C(=O)OS)C1)C(=O)OC2. The number of carbonyl (C=O) groups excluding carboxylic acids is 2. The van der Waals surface area contributed by atoms with E-state index in [1.165, 1.54) is 7.11 Å². The normalized spacial score (nSPS) is 20.5. The van der Waals surface area contributed by atoms with Crippen LogP contribution in [0.15, 0.2) is 11.6 Å². The summed E-state index contributed by atoms with van der Waals surface area (Å²) in [6.45, 7) is 2.00. The second-order valence-corrected chi connectivity index (χ2v) is 6.51. The van der Waals surface area contributed by atoms with Gasteiger partial charge < -0.3 is 18.8 Å². The number of aromatic hydroxyl groups is 1. The van der Waals surface area contributed by atoms with Crippen LogP contribution in [0.1, 0.15) is 46.3 Å². The minimum Gasteiger partial charge on any atom is -0.507 e. The van der Waals surface area contributed by atoms with Crippen LogP contribution in [0.3, 0.4) is 0 Å². The number of ether oxygens (including phenoxy) is 2. The summed E-state index contributed by atoms with van der Waals surface area (Å²) in [4.78, 5) is 23.5. The Bertz CT molecular complexity index is 768. The zero-order valence-corrected chi connectivity index (χ0v) is 15.0. The summed E-state index contributed by atoms with van der Waals surface area (Å²) in [7, 11) is 1.54. The van der Waals surface area contributed by atoms with Gasteiger partial charge >= 0.3 is 11.9 Å². The molecule has 7 heteroatoms. The number of hydrogen-bond acceptors (Lipinski definition) is 7. The van der Waals surface area contributed by atoms with E-state index in [-0.39, 0.29) is 29.8 Å². The molecule has 0 bridgehead atoms. The van der Waals surface area contributed by atoms with Gasteiger partial charge in [-0.3, -0.25) is 4.79 Å². The molecule has 1 atom stereocenters. The van der Waals surface area contributed by atoms with Crippen LogP contribution in [0.25, 0.3) is 0 Å². The highest BCUT2D eigenvalue weighted by atomic mass is 32.1. The summed E-state index contributed by atoms with van der Waals surface area (Å²) < 4.78 is 15.0. The molecular formula is C18H20O6S. The fourth-order valence-electron chi connectivity index (χ4n) is 3.62. The topological polar surface area (TPSA) is 82.1 Å². The van der Waals surface area contributed by atoms with Gasteiger partial charge in [0, 0.05) is 24.0 Å². The first-order valence-electron chi connectivity index (χ1n) is 8.09. The molecule has 1 fully saturated rings. The zero-order chi connectivity index (χ0) is 18.1. The van der Waals surface area contributed by atoms with Gasteiger partial charge in [0.2, 0.25) is 0 Å². The summed E-state index contributed by atoms with van der Waals surface area (Å²) in [6, 6.07) is 0. The van der Waals surface area contributed by atoms with E-state index in [0.29, 0.717) is 29.7 Å². The molecule has 134 valence electrons. The quantitative estimate of drug-likeness (QED) is 0.370. The second kappa shape index (κ2) is 7.00. The summed E-state index contributed by atoms with van der Waals surface area (Å²) in [5.41, 5.74) is 3.39. The van der Waals surface area contributed by atoms with Crippen LogP contribution in [0.2, 0.25) is 0 Å². The van der Waals surface area contributed by atoms with Crippen LogP contribution in [-0.2, 0) is 26.7 Å². The Hall–Kier alpha value is -2.15. The maximum Gasteiger partial charge on any atom is 0.342 e. The smallest absolute Gasteiger partial charge is 0.342 e. The Morgan fingerprint density at radius 1 is 1.48 bits per heavy atom. The van der Waals surface area contributed by atoms with Crippen LogP contribution >= 0.6 is 12.9 Å². The van der Waals surface area contributed by atoms with Gasteiger partial charge in [-0.05, 0) is 38.2 Å². The zero-order valence-electron chi connectivity index (χ0n) is 14.1. The summed E-state index contributed by atoms with van der Waals surface area (Å²) in [6.07, 6.45) is 4.53. The Kier molecular flexibility index (Phi) is 4.94. The van der Waals surface area contributed by atoms with Crippen molar-refractivity contribution in [2.24, 2.45) is 5.92 Å². The molecular weight excluding hydrogens is 344 g/mol. The van der Waals surface area contributed by atoms with Crippen molar-refractivity contribution in [2.45, 2.75) is 39.2 Å². The molecule has 0 aromatic heterocycles. The van der Waals surface area contributed by atoms with E-state index in [1.54, 1.807) is 0 Å². The monoisotopic (exact) mass is 364 g/mol. The summed E-state index contributed by atoms with van der Waals surface area (Å²) >= 11 is 3.56. The molecule has 3 rings (SSSR count). The minimum atomic E-state index is -0.510. The van der Waals surface area contributed by atoms with E-state index in [1.807, 2.05) is 13.0 Å². The number of thiol groups is 1. The number of phenolic OH excluding ortho intramolecular Hbond substituents is 1. The third kappa shape index (κ3) is 3.08. The Balaban J connectivity index is 1.90. The molecule has 1 aliphatic carbocycles. The predicted molar refractivity (Wildman–Crippen MR) is 92.7 cm³/mol. The van der Waals surface area contributed by atoms with Crippen LogP contribution in [0, 0.1) is 12.8 Å². The molecule has 6 nitrogen and oxygen atoms in total. The average molecular weight is 364 g/mol. The molecule has 0 amide bonds. The first-order chi connectivity index (χ1) is 12.0. The molecule has 1 aliphatic heterocycles. The lowest BCUT2D eigenvalue weighted by atomic mass is 9.94. The van der Waals surface area contributed by atoms with Crippen molar-refractivity contribution >= 4 is 24.8 Å². The number of hydrogen-bond donors (Lipinski definition) is 2. The molecule has 0 spiro atoms. The Labute approximate surface area is 151 Å². The number of rotatable bonds is 4. The van der Waals surface area contributed by atoms with Crippen molar-refractivity contribution in [3.05, 3.63) is 33.9 Å². The van der Waals surface area contributed by atoms with Gasteiger partial charge in [0.25, 0.3) is 0 Å². The highest BCUT2D eigenvalue weighted by molar-refractivity contribution is 7.75. The number of benzene rings is 1. The standard InChI is InChI=1S/C18H20O6S/c1-9-13-8-23-18(21)14(13)15(19)12(16(9)22-2)6-4-10-3-5-11(7-10)17(20)24-25/h4,11,19,25H,3,5-8H2,1-2H3/b10-4+. The molecule has 25 heavy (non-hydrogen) atoms. The van der Waals surface area contributed by atoms with Crippen molar-refractivity contribution in [2.75, 3.05) is 7.11 Å². The molecule has 1 heterocycles. The number of phenols is 1. The van der Waals surface area contributed by atoms with E-state index < -0.39 is 5.97 Å². The van der Waals surface area contributed by atoms with Gasteiger partial charge in [0.15, 0.2) is 0 Å². The highest BCUT2D eigenvalue weighted by Gasteiger charge is 2.32. The van der Waals surface area contributed by atoms with E-state index in [9.17, 15) is 14.7 Å². The highest BCUT2D eigenvalue weighted by Crippen LogP contribution is 2.42. The molecule has 1 N–H and O–H groups in total. The lowest BCUT2D eigenvalue weighted by molar-refractivity contribution is -0.137. The van der Waals surface area contributed by atoms with Crippen LogP contribution in [0.5, 0.6) is 11.5 Å². The van der Waals surface area contributed by atoms with E-state index >= 15 is 0 Å². The second-order valence-electron chi connectivity index (χ2n) is 6.33. The van der Waals surface area contributed by atoms with Crippen molar-refractivity contribution < 1.29 is 28.4 Å². The molecule has 0 radical (unpaired) electrons. The minimum absolute atomic E-state index is 0.0823. The van der Waals surface area contributed by atoms with Gasteiger partial charge in [0.05, 0.1) is 13.0 Å². The van der Waals surface area contributed by atoms with Gasteiger partial charge in [-0.15, -0.1) is 0 Å². The van der Waals surface area contributed by atoms with Crippen LogP contribution in [-0.4, -0.2) is 24.2 Å². The lowest BCUT2D eigenvalue weighted by Crippen LogP contribution is -2.09. The Morgan fingerprint density at radius 3 is 2.92 bits per heavy atom. The van der Waals surface area contributed by atoms with E-state index in [4.69, 9.17) is 9.47 Å². The van der Waals surface area contributed by atoms with E-state index in [0.717, 1.165) is 24.0 Å². The van der Waals surface area contributed by atoms with Crippen molar-refractivity contribution in [1.82, 2.24) is 0 Å². The maximum absolute atomic E-state index is 11.9. The number of fused-ring (bicyclic) bond motifs is 1. The molecule has 0 saturated heterocycles. The number of cyclic esters (lactones) is 1. The fourth-order valence-corrected chi connectivity index (χ4v) is 3.76. The Morgan fingerprint density at radius 2 is 2.24 bits per heavy atom. The number of methoxy groups -OCH3 is 1. The van der Waals surface area contributed by atoms with Crippen molar-refractivity contribution in [3.8, 4) is 11.5 Å². The number of esters is 1. The number of carbonyl (C=O) groups is 2. The number of allylic oxidation sites excluding steroid dienone is 2. The van der Waals surface area contributed by atoms with Gasteiger partial charge in [-0.25, -0.2) is 4.79 Å². The van der Waals surface area contributed by atoms with E-state index in [2.05, 4.69) is 17.1 Å². The first kappa shape index (κ1) is 17.7. The molecule has 1 unspecified atom stereocenters. The van der Waals surface area contributed by atoms with Gasteiger partial charge in [0.1, 0.15) is 23.7 Å². The molecule has 1 aromatic rings. The van der Waals surface area contributed by atoms with Crippen molar-refractivity contribution in [3.63, 3.8) is 0 Å². The predicted octanol–water partition coefficient (Wildman–Crippen LogP) is 3.04. The maximum atomic E-state index is 11.9. The fraction of sp³-hybridized carbons (Fsp3) is 0.444.